The first kappa shape index (κ1) is 26.3. The Morgan fingerprint density at radius 1 is 0.862 bits per heavy atom. The largest absolute Gasteiger partial charge is 0.412 e. The van der Waals surface area contributed by atoms with E-state index >= 15 is 0 Å². The summed E-state index contributed by atoms with van der Waals surface area (Å²) in [4.78, 5) is 0. The maximum absolute atomic E-state index is 10.0. The van der Waals surface area contributed by atoms with Gasteiger partial charge in [-0.05, 0) is 27.7 Å². The Hall–Kier alpha value is -0.700. The maximum atomic E-state index is 10.0. The number of hydrogen-bond donors (Lipinski definition) is 5. The van der Waals surface area contributed by atoms with Gasteiger partial charge >= 0.3 is 0 Å². The molecule has 3 aliphatic heterocycles. The van der Waals surface area contributed by atoms with Crippen LogP contribution in [0.4, 0.5) is 0 Å². The summed E-state index contributed by atoms with van der Waals surface area (Å²) in [5.74, 6) is -0.723. The SMILES string of the molecule is C=CCO[C@@H]1O[C@H](C)[C@H](O)C2OC(C)(C)OC21.C[C@H]1OC(O)C(O)C(O)[C@H]1O.O. The minimum Gasteiger partial charge on any atom is -0.412 e. The molecular formula is C18H34O11. The topological polar surface area (TPSA) is 179 Å². The van der Waals surface area contributed by atoms with E-state index in [1.54, 1.807) is 13.0 Å². The third-order valence-corrected chi connectivity index (χ3v) is 4.80. The van der Waals surface area contributed by atoms with Crippen LogP contribution >= 0.6 is 0 Å². The number of rotatable bonds is 3. The van der Waals surface area contributed by atoms with Gasteiger partial charge < -0.3 is 54.7 Å². The van der Waals surface area contributed by atoms with Crippen molar-refractivity contribution in [1.29, 1.82) is 0 Å². The fourth-order valence-corrected chi connectivity index (χ4v) is 3.25. The van der Waals surface area contributed by atoms with Gasteiger partial charge in [0, 0.05) is 0 Å². The standard InChI is InChI=1S/C12H20O5.C6H12O5.H2O/c1-5-6-14-11-10-9(8(13)7(2)15-11)16-12(3,4)17-10;1-2-3(7)4(8)5(9)6(10)11-2;/h5,7-11,13H,1,6H2,2-4H3;2-10H,1H3;1H2/t7-,8+,9?,10?,11-;2-,3+,4?,5?,6?;/m11./s1. The highest BCUT2D eigenvalue weighted by Crippen LogP contribution is 2.37. The molecule has 0 radical (unpaired) electrons. The van der Waals surface area contributed by atoms with Crippen LogP contribution in [0, 0.1) is 0 Å². The Bertz CT molecular complexity index is 502. The summed E-state index contributed by atoms with van der Waals surface area (Å²) in [6.45, 7) is 10.9. The molecule has 7 N–H and O–H groups in total. The Morgan fingerprint density at radius 2 is 1.41 bits per heavy atom. The van der Waals surface area contributed by atoms with Crippen LogP contribution in [0.5, 0.6) is 0 Å². The van der Waals surface area contributed by atoms with Crippen LogP contribution in [-0.4, -0.2) is 105 Å². The van der Waals surface area contributed by atoms with Gasteiger partial charge in [0.05, 0.1) is 18.8 Å². The van der Waals surface area contributed by atoms with Gasteiger partial charge in [0.25, 0.3) is 0 Å². The normalized spacial score (nSPS) is 46.0. The number of aliphatic hydroxyl groups excluding tert-OH is 5. The van der Waals surface area contributed by atoms with Gasteiger partial charge in [-0.1, -0.05) is 6.08 Å². The van der Waals surface area contributed by atoms with Crippen molar-refractivity contribution in [2.24, 2.45) is 0 Å². The molecule has 0 aromatic rings. The van der Waals surface area contributed by atoms with Crippen LogP contribution in [0.2, 0.25) is 0 Å². The molecule has 0 bridgehead atoms. The number of aliphatic hydroxyl groups is 5. The highest BCUT2D eigenvalue weighted by molar-refractivity contribution is 4.95. The Morgan fingerprint density at radius 3 is 2.00 bits per heavy atom. The second-order valence-electron chi connectivity index (χ2n) is 7.59. The third-order valence-electron chi connectivity index (χ3n) is 4.80. The van der Waals surface area contributed by atoms with E-state index in [9.17, 15) is 5.11 Å². The monoisotopic (exact) mass is 426 g/mol. The van der Waals surface area contributed by atoms with E-state index in [0.717, 1.165) is 0 Å². The van der Waals surface area contributed by atoms with Gasteiger partial charge in [-0.3, -0.25) is 0 Å². The zero-order valence-electron chi connectivity index (χ0n) is 17.0. The van der Waals surface area contributed by atoms with Crippen molar-refractivity contribution in [3.8, 4) is 0 Å². The summed E-state index contributed by atoms with van der Waals surface area (Å²) in [5.41, 5.74) is 0. The van der Waals surface area contributed by atoms with Gasteiger partial charge in [0.15, 0.2) is 18.4 Å². The quantitative estimate of drug-likeness (QED) is 0.311. The summed E-state index contributed by atoms with van der Waals surface area (Å²) < 4.78 is 27.2. The molecule has 10 atom stereocenters. The number of ether oxygens (including phenoxy) is 5. The van der Waals surface area contributed by atoms with E-state index in [1.807, 2.05) is 13.8 Å². The third kappa shape index (κ3) is 6.15. The summed E-state index contributed by atoms with van der Waals surface area (Å²) in [5, 5.41) is 46.0. The first-order valence-corrected chi connectivity index (χ1v) is 9.28. The predicted octanol–water partition coefficient (Wildman–Crippen LogP) is -2.20. The molecule has 0 amide bonds. The van der Waals surface area contributed by atoms with Crippen LogP contribution in [0.25, 0.3) is 0 Å². The van der Waals surface area contributed by atoms with Crippen molar-refractivity contribution in [3.05, 3.63) is 12.7 Å². The van der Waals surface area contributed by atoms with Gasteiger partial charge in [-0.2, -0.15) is 0 Å². The lowest BCUT2D eigenvalue weighted by Gasteiger charge is -2.38. The minimum atomic E-state index is -1.43. The number of fused-ring (bicyclic) bond motifs is 1. The van der Waals surface area contributed by atoms with Crippen LogP contribution in [0.3, 0.4) is 0 Å². The van der Waals surface area contributed by atoms with Gasteiger partial charge in [0.2, 0.25) is 0 Å². The molecule has 11 nitrogen and oxygen atoms in total. The highest BCUT2D eigenvalue weighted by atomic mass is 16.8. The highest BCUT2D eigenvalue weighted by Gasteiger charge is 2.54. The molecular weight excluding hydrogens is 392 g/mol. The first-order valence-electron chi connectivity index (χ1n) is 9.28. The fraction of sp³-hybridized carbons (Fsp3) is 0.889. The van der Waals surface area contributed by atoms with E-state index in [-0.39, 0.29) is 11.6 Å². The molecule has 0 spiro atoms. The van der Waals surface area contributed by atoms with Crippen molar-refractivity contribution < 1.29 is 54.7 Å². The van der Waals surface area contributed by atoms with Gasteiger partial charge in [0.1, 0.15) is 36.6 Å². The molecule has 0 aromatic heterocycles. The molecule has 3 fully saturated rings. The Balaban J connectivity index is 0.000000306. The lowest BCUT2D eigenvalue weighted by molar-refractivity contribution is -0.277. The van der Waals surface area contributed by atoms with Gasteiger partial charge in [-0.25, -0.2) is 0 Å². The fourth-order valence-electron chi connectivity index (χ4n) is 3.25. The van der Waals surface area contributed by atoms with Crippen molar-refractivity contribution in [2.75, 3.05) is 6.61 Å². The zero-order chi connectivity index (χ0) is 21.2. The molecule has 5 unspecified atom stereocenters. The van der Waals surface area contributed by atoms with Crippen LogP contribution in [0.1, 0.15) is 27.7 Å². The van der Waals surface area contributed by atoms with Crippen LogP contribution in [0.15, 0.2) is 12.7 Å². The Labute approximate surface area is 169 Å². The minimum absolute atomic E-state index is 0. The van der Waals surface area contributed by atoms with Crippen LogP contribution in [-0.2, 0) is 23.7 Å². The molecule has 3 heterocycles. The lowest BCUT2D eigenvalue weighted by Crippen LogP contribution is -2.56. The number of hydrogen-bond acceptors (Lipinski definition) is 10. The zero-order valence-corrected chi connectivity index (χ0v) is 17.0. The molecule has 172 valence electrons. The predicted molar refractivity (Wildman–Crippen MR) is 98.5 cm³/mol. The second kappa shape index (κ2) is 10.6. The van der Waals surface area contributed by atoms with E-state index in [1.165, 1.54) is 6.92 Å². The summed E-state index contributed by atoms with van der Waals surface area (Å²) >= 11 is 0. The maximum Gasteiger partial charge on any atom is 0.187 e. The van der Waals surface area contributed by atoms with E-state index in [4.69, 9.17) is 39.4 Å². The molecule has 0 aromatic carbocycles. The van der Waals surface area contributed by atoms with Crippen molar-refractivity contribution in [1.82, 2.24) is 0 Å². The smallest absolute Gasteiger partial charge is 0.187 e. The molecule has 11 heteroatoms. The van der Waals surface area contributed by atoms with E-state index in [0.29, 0.717) is 6.61 Å². The average Bonchev–Trinajstić information content (AvgIpc) is 2.96. The second-order valence-corrected chi connectivity index (χ2v) is 7.59. The van der Waals surface area contributed by atoms with Crippen molar-refractivity contribution in [2.45, 2.75) is 94.9 Å². The Kier molecular flexibility index (Phi) is 9.58. The summed E-state index contributed by atoms with van der Waals surface area (Å²) in [6, 6.07) is 0. The van der Waals surface area contributed by atoms with E-state index < -0.39 is 61.1 Å². The van der Waals surface area contributed by atoms with E-state index in [2.05, 4.69) is 11.3 Å². The molecule has 0 saturated carbocycles. The molecule has 3 rings (SSSR count). The van der Waals surface area contributed by atoms with Gasteiger partial charge in [-0.15, -0.1) is 6.58 Å². The summed E-state index contributed by atoms with van der Waals surface area (Å²) in [6.07, 6.45) is -6.74. The lowest BCUT2D eigenvalue weighted by atomic mass is 10.0. The summed E-state index contributed by atoms with van der Waals surface area (Å²) in [7, 11) is 0. The van der Waals surface area contributed by atoms with Crippen molar-refractivity contribution >= 4 is 0 Å². The molecule has 3 saturated heterocycles. The molecule has 3 aliphatic rings. The first-order chi connectivity index (χ1) is 13.0. The molecule has 29 heavy (non-hydrogen) atoms. The van der Waals surface area contributed by atoms with Crippen LogP contribution < -0.4 is 0 Å². The van der Waals surface area contributed by atoms with Crippen molar-refractivity contribution in [3.63, 3.8) is 0 Å². The average molecular weight is 426 g/mol. The molecule has 0 aliphatic carbocycles.